The van der Waals surface area contributed by atoms with E-state index >= 15 is 0 Å². The van der Waals surface area contributed by atoms with Gasteiger partial charge in [0.2, 0.25) is 0 Å². The molecule has 0 aromatic rings. The monoisotopic (exact) mass is 217 g/mol. The van der Waals surface area contributed by atoms with Crippen LogP contribution in [-0.4, -0.2) is 0 Å². The Morgan fingerprint density at radius 2 is 1.50 bits per heavy atom. The normalized spacial score (nSPS) is 5.83. The summed E-state index contributed by atoms with van der Waals surface area (Å²) in [5.41, 5.74) is 0. The average molecular weight is 218 g/mol. The summed E-state index contributed by atoms with van der Waals surface area (Å²) in [5, 5.41) is 0. The molecule has 0 aliphatic heterocycles. The predicted octanol–water partition coefficient (Wildman–Crippen LogP) is 2.38. The molecule has 0 amide bonds. The molecule has 0 aliphatic rings. The van der Waals surface area contributed by atoms with Gasteiger partial charge in [0.1, 0.15) is 0 Å². The first-order valence-electron chi connectivity index (χ1n) is 1.06. The van der Waals surface area contributed by atoms with Crippen LogP contribution in [0.2, 0.25) is 0 Å². The van der Waals surface area contributed by atoms with Crippen LogP contribution in [-0.2, 0) is 15.9 Å². The number of hydrogen-bond acceptors (Lipinski definition) is 0. The van der Waals surface area contributed by atoms with E-state index in [2.05, 4.69) is 13.5 Å². The first-order valence-corrected chi connectivity index (χ1v) is 5.06. The van der Waals surface area contributed by atoms with Crippen molar-refractivity contribution in [2.45, 2.75) is 0 Å². The minimum absolute atomic E-state index is 0.106. The predicted molar refractivity (Wildman–Crippen MR) is 27.3 cm³/mol. The fraction of sp³-hybridized carbons (Fsp3) is 0. The zero-order valence-electron chi connectivity index (χ0n) is 3.06. The topological polar surface area (TPSA) is 0 Å². The van der Waals surface area contributed by atoms with Crippen molar-refractivity contribution in [2.24, 2.45) is 0 Å². The van der Waals surface area contributed by atoms with E-state index in [1.807, 2.05) is 0 Å². The molecular weight excluding hydrogens is 213 g/mol. The fourth-order valence-corrected chi connectivity index (χ4v) is 0. The van der Waals surface area contributed by atoms with E-state index < -0.39 is 0 Å². The molecule has 0 aliphatic carbocycles. The van der Waals surface area contributed by atoms with E-state index in [9.17, 15) is 0 Å². The van der Waals surface area contributed by atoms with Gasteiger partial charge in [0.25, 0.3) is 0 Å². The first-order chi connectivity index (χ1) is 2.83. The van der Waals surface area contributed by atoms with Crippen LogP contribution in [0.3, 0.4) is 0 Å². The number of halogens is 2. The van der Waals surface area contributed by atoms with E-state index in [0.717, 1.165) is 0 Å². The molecule has 41 valence electrons. The van der Waals surface area contributed by atoms with Gasteiger partial charge >= 0.3 is 35.0 Å². The third-order valence-corrected chi connectivity index (χ3v) is 0. The number of allylic oxidation sites excluding steroid dienone is 1. The van der Waals surface area contributed by atoms with Crippen molar-refractivity contribution >= 4 is 19.1 Å². The molecule has 0 heterocycles. The summed E-state index contributed by atoms with van der Waals surface area (Å²) in [5.74, 6) is 0. The second kappa shape index (κ2) is 16.7. The molecular formula is C3H5Cl2Pd. The van der Waals surface area contributed by atoms with Crippen molar-refractivity contribution < 1.29 is 15.9 Å². The van der Waals surface area contributed by atoms with Crippen molar-refractivity contribution in [3.63, 3.8) is 0 Å². The van der Waals surface area contributed by atoms with Crippen molar-refractivity contribution in [1.29, 1.82) is 0 Å². The van der Waals surface area contributed by atoms with Gasteiger partial charge in [0.15, 0.2) is 0 Å². The maximum atomic E-state index is 4.81. The summed E-state index contributed by atoms with van der Waals surface area (Å²) in [6.45, 7) is 6.50. The van der Waals surface area contributed by atoms with Gasteiger partial charge in [-0.15, -0.1) is 6.58 Å². The van der Waals surface area contributed by atoms with Crippen LogP contribution in [0.5, 0.6) is 0 Å². The molecule has 0 N–H and O–H groups in total. The van der Waals surface area contributed by atoms with Crippen LogP contribution in [0.1, 0.15) is 0 Å². The Bertz CT molecular complexity index is 22.8. The molecule has 6 heavy (non-hydrogen) atoms. The van der Waals surface area contributed by atoms with Gasteiger partial charge in [0, 0.05) is 0 Å². The van der Waals surface area contributed by atoms with Crippen molar-refractivity contribution in [3.8, 4) is 0 Å². The van der Waals surface area contributed by atoms with Crippen LogP contribution < -0.4 is 0 Å². The molecule has 0 saturated carbocycles. The zero-order valence-corrected chi connectivity index (χ0v) is 6.13. The Balaban J connectivity index is 0. The van der Waals surface area contributed by atoms with Crippen LogP contribution in [0.25, 0.3) is 0 Å². The molecule has 0 rings (SSSR count). The van der Waals surface area contributed by atoms with E-state index in [1.54, 1.807) is 0 Å². The first kappa shape index (κ1) is 10.1. The van der Waals surface area contributed by atoms with E-state index in [4.69, 9.17) is 19.1 Å². The van der Waals surface area contributed by atoms with Crippen molar-refractivity contribution in [3.05, 3.63) is 19.6 Å². The van der Waals surface area contributed by atoms with Crippen molar-refractivity contribution in [1.82, 2.24) is 0 Å². The summed E-state index contributed by atoms with van der Waals surface area (Å²) in [6.07, 6.45) is 1.50. The average Bonchev–Trinajstić information content (AvgIpc) is 1.39. The van der Waals surface area contributed by atoms with Gasteiger partial charge in [-0.05, 0) is 6.92 Å². The molecule has 0 aromatic heterocycles. The number of hydrogen-bond donors (Lipinski definition) is 0. The second-order valence-electron chi connectivity index (χ2n) is 0.334. The quantitative estimate of drug-likeness (QED) is 0.548. The standard InChI is InChI=1S/C3H5.2ClH.Pd/c1-3-2;;;/h3H,1-2H2;2*1H;/q;;;+2/p-2. The van der Waals surface area contributed by atoms with Crippen LogP contribution in [0.4, 0.5) is 0 Å². The Morgan fingerprint density at radius 3 is 1.50 bits per heavy atom. The molecule has 3 heteroatoms. The molecule has 0 bridgehead atoms. The summed E-state index contributed by atoms with van der Waals surface area (Å²) in [4.78, 5) is 0. The van der Waals surface area contributed by atoms with Gasteiger partial charge in [-0.25, -0.2) is 0 Å². The molecule has 0 aromatic carbocycles. The summed E-state index contributed by atoms with van der Waals surface area (Å²) < 4.78 is 0. The van der Waals surface area contributed by atoms with Crippen LogP contribution in [0, 0.1) is 6.92 Å². The summed E-state index contributed by atoms with van der Waals surface area (Å²) in [6, 6.07) is 0. The van der Waals surface area contributed by atoms with Crippen LogP contribution in [0.15, 0.2) is 12.7 Å². The summed E-state index contributed by atoms with van der Waals surface area (Å²) >= 11 is -0.106. The van der Waals surface area contributed by atoms with Crippen molar-refractivity contribution in [2.75, 3.05) is 0 Å². The minimum atomic E-state index is -0.106. The van der Waals surface area contributed by atoms with Gasteiger partial charge in [0.05, 0.1) is 0 Å². The van der Waals surface area contributed by atoms with E-state index in [-0.39, 0.29) is 15.9 Å². The Morgan fingerprint density at radius 1 is 1.50 bits per heavy atom. The Labute approximate surface area is 54.6 Å². The second-order valence-corrected chi connectivity index (χ2v) is 2.69. The van der Waals surface area contributed by atoms with E-state index in [1.165, 1.54) is 6.08 Å². The molecule has 1 radical (unpaired) electrons. The maximum absolute atomic E-state index is 4.81. The summed E-state index contributed by atoms with van der Waals surface area (Å²) in [7, 11) is 9.63. The molecule has 0 atom stereocenters. The SMILES string of the molecule is [CH2]C=C.[Cl][Pd][Cl]. The molecule has 0 saturated heterocycles. The molecule has 0 spiro atoms. The van der Waals surface area contributed by atoms with Gasteiger partial charge in [-0.1, -0.05) is 6.08 Å². The third-order valence-electron chi connectivity index (χ3n) is 0. The fourth-order valence-electron chi connectivity index (χ4n) is 0. The van der Waals surface area contributed by atoms with E-state index in [0.29, 0.717) is 0 Å². The molecule has 0 nitrogen and oxygen atoms in total. The van der Waals surface area contributed by atoms with Gasteiger partial charge < -0.3 is 0 Å². The molecule has 0 fully saturated rings. The Hall–Kier alpha value is 0.982. The number of rotatable bonds is 0. The zero-order chi connectivity index (χ0) is 5.41. The molecule has 0 unspecified atom stereocenters. The Kier molecular flexibility index (Phi) is 28.0. The van der Waals surface area contributed by atoms with Gasteiger partial charge in [-0.3, -0.25) is 0 Å². The van der Waals surface area contributed by atoms with Gasteiger partial charge in [-0.2, -0.15) is 0 Å². The van der Waals surface area contributed by atoms with Crippen LogP contribution >= 0.6 is 19.1 Å². The third kappa shape index (κ3) is 81.9.